The number of nitrogen functional groups attached to an aromatic ring is 1. The van der Waals surface area contributed by atoms with Crippen molar-refractivity contribution < 1.29 is 19.1 Å². The third kappa shape index (κ3) is 5.97. The van der Waals surface area contributed by atoms with Crippen molar-refractivity contribution in [3.05, 3.63) is 29.8 Å². The molecule has 0 spiro atoms. The number of amidine groups is 1. The van der Waals surface area contributed by atoms with Crippen LogP contribution in [0.1, 0.15) is 38.2 Å². The molecule has 28 heavy (non-hydrogen) atoms. The molecule has 9 heteroatoms. The fourth-order valence-corrected chi connectivity index (χ4v) is 2.78. The van der Waals surface area contributed by atoms with Crippen LogP contribution in [0.5, 0.6) is 0 Å². The van der Waals surface area contributed by atoms with Gasteiger partial charge in [0, 0.05) is 24.3 Å². The van der Waals surface area contributed by atoms with Crippen molar-refractivity contribution in [2.24, 2.45) is 5.73 Å². The first-order valence-corrected chi connectivity index (χ1v) is 9.38. The number of unbranched alkanes of at least 4 members (excludes halogenated alkanes) is 1. The van der Waals surface area contributed by atoms with E-state index in [0.29, 0.717) is 30.8 Å². The first-order chi connectivity index (χ1) is 13.4. The van der Waals surface area contributed by atoms with Gasteiger partial charge in [-0.05, 0) is 37.1 Å². The number of hydrogen-bond acceptors (Lipinski definition) is 5. The van der Waals surface area contributed by atoms with Gasteiger partial charge >= 0.3 is 12.0 Å². The number of nitrogens with one attached hydrogen (secondary N) is 3. The van der Waals surface area contributed by atoms with Gasteiger partial charge in [0.05, 0.1) is 13.0 Å². The van der Waals surface area contributed by atoms with Gasteiger partial charge in [0.25, 0.3) is 0 Å². The van der Waals surface area contributed by atoms with Crippen molar-refractivity contribution in [1.29, 1.82) is 5.41 Å². The van der Waals surface area contributed by atoms with Crippen LogP contribution >= 0.6 is 0 Å². The van der Waals surface area contributed by atoms with E-state index in [1.54, 1.807) is 29.2 Å². The van der Waals surface area contributed by atoms with Gasteiger partial charge in [-0.25, -0.2) is 4.79 Å². The maximum absolute atomic E-state index is 12.5. The summed E-state index contributed by atoms with van der Waals surface area (Å²) in [5, 5.41) is 12.6. The first-order valence-electron chi connectivity index (χ1n) is 9.38. The third-order valence-electron chi connectivity index (χ3n) is 4.38. The minimum Gasteiger partial charge on any atom is -0.466 e. The number of amides is 3. The summed E-state index contributed by atoms with van der Waals surface area (Å²) in [5.74, 6) is -0.597. The molecule has 1 aromatic carbocycles. The highest BCUT2D eigenvalue weighted by molar-refractivity contribution is 6.02. The van der Waals surface area contributed by atoms with Gasteiger partial charge in [0.2, 0.25) is 5.91 Å². The summed E-state index contributed by atoms with van der Waals surface area (Å²) in [7, 11) is 0. The number of carbonyl (C=O) groups is 3. The molecule has 3 amide bonds. The number of benzene rings is 1. The highest BCUT2D eigenvalue weighted by atomic mass is 16.5. The minimum atomic E-state index is -0.621. The van der Waals surface area contributed by atoms with Crippen LogP contribution in [0.15, 0.2) is 24.3 Å². The van der Waals surface area contributed by atoms with Crippen molar-refractivity contribution in [1.82, 2.24) is 10.6 Å². The lowest BCUT2D eigenvalue weighted by Crippen LogP contribution is -2.46. The predicted octanol–water partition coefficient (Wildman–Crippen LogP) is 1.11. The Morgan fingerprint density at radius 2 is 2.04 bits per heavy atom. The number of carbonyl (C=O) groups excluding carboxylic acids is 3. The predicted molar refractivity (Wildman–Crippen MR) is 105 cm³/mol. The van der Waals surface area contributed by atoms with E-state index in [0.717, 1.165) is 12.8 Å². The van der Waals surface area contributed by atoms with E-state index >= 15 is 0 Å². The lowest BCUT2D eigenvalue weighted by atomic mass is 10.2. The van der Waals surface area contributed by atoms with Crippen LogP contribution in [0.2, 0.25) is 0 Å². The molecule has 0 bridgehead atoms. The zero-order valence-electron chi connectivity index (χ0n) is 16.0. The second-order valence-electron chi connectivity index (χ2n) is 6.52. The average molecular weight is 389 g/mol. The van der Waals surface area contributed by atoms with E-state index in [2.05, 4.69) is 10.6 Å². The zero-order valence-corrected chi connectivity index (χ0v) is 16.0. The van der Waals surface area contributed by atoms with Crippen LogP contribution < -0.4 is 21.3 Å². The minimum absolute atomic E-state index is 0.0373. The van der Waals surface area contributed by atoms with Crippen molar-refractivity contribution in [3.63, 3.8) is 0 Å². The molecule has 152 valence electrons. The summed E-state index contributed by atoms with van der Waals surface area (Å²) in [6.07, 6.45) is 2.34. The van der Waals surface area contributed by atoms with Gasteiger partial charge < -0.3 is 26.0 Å². The quantitative estimate of drug-likeness (QED) is 0.217. The number of nitrogens with zero attached hydrogens (tertiary/aromatic N) is 1. The molecule has 1 aliphatic rings. The SMILES string of the molecule is CCCCOC(=O)CCNC(=O)NC1CCN(c2ccc(C(=N)N)cc2)C1=O. The highest BCUT2D eigenvalue weighted by Gasteiger charge is 2.33. The molecular weight excluding hydrogens is 362 g/mol. The third-order valence-corrected chi connectivity index (χ3v) is 4.38. The van der Waals surface area contributed by atoms with Crippen LogP contribution in [0.25, 0.3) is 0 Å². The largest absolute Gasteiger partial charge is 0.466 e. The van der Waals surface area contributed by atoms with Crippen molar-refractivity contribution >= 4 is 29.4 Å². The topological polar surface area (TPSA) is 138 Å². The summed E-state index contributed by atoms with van der Waals surface area (Å²) < 4.78 is 5.01. The lowest BCUT2D eigenvalue weighted by molar-refractivity contribution is -0.143. The first kappa shape index (κ1) is 21.2. The van der Waals surface area contributed by atoms with Crippen LogP contribution in [-0.4, -0.2) is 49.5 Å². The van der Waals surface area contributed by atoms with E-state index in [1.807, 2.05) is 6.92 Å². The molecule has 9 nitrogen and oxygen atoms in total. The summed E-state index contributed by atoms with van der Waals surface area (Å²) in [5.41, 5.74) is 6.70. The highest BCUT2D eigenvalue weighted by Crippen LogP contribution is 2.22. The summed E-state index contributed by atoms with van der Waals surface area (Å²) >= 11 is 0. The van der Waals surface area contributed by atoms with E-state index < -0.39 is 12.1 Å². The maximum Gasteiger partial charge on any atom is 0.315 e. The molecule has 0 saturated carbocycles. The molecule has 1 fully saturated rings. The molecule has 0 aliphatic carbocycles. The molecule has 0 radical (unpaired) electrons. The second kappa shape index (κ2) is 10.3. The van der Waals surface area contributed by atoms with Gasteiger partial charge in [-0.3, -0.25) is 15.0 Å². The zero-order chi connectivity index (χ0) is 20.5. The van der Waals surface area contributed by atoms with Gasteiger partial charge in [0.15, 0.2) is 0 Å². The number of rotatable bonds is 9. The molecule has 1 unspecified atom stereocenters. The Morgan fingerprint density at radius 3 is 2.68 bits per heavy atom. The smallest absolute Gasteiger partial charge is 0.315 e. The van der Waals surface area contributed by atoms with E-state index in [9.17, 15) is 14.4 Å². The fourth-order valence-electron chi connectivity index (χ4n) is 2.78. The molecule has 1 aromatic rings. The van der Waals surface area contributed by atoms with E-state index in [-0.39, 0.29) is 30.7 Å². The number of esters is 1. The summed E-state index contributed by atoms with van der Waals surface area (Å²) in [4.78, 5) is 37.6. The molecule has 5 N–H and O–H groups in total. The van der Waals surface area contributed by atoms with Gasteiger partial charge in [-0.15, -0.1) is 0 Å². The Hall–Kier alpha value is -3.10. The summed E-state index contributed by atoms with van der Waals surface area (Å²) in [6, 6.07) is 5.69. The van der Waals surface area contributed by atoms with Crippen LogP contribution in [0.3, 0.4) is 0 Å². The molecule has 1 aliphatic heterocycles. The van der Waals surface area contributed by atoms with E-state index in [1.165, 1.54) is 0 Å². The van der Waals surface area contributed by atoms with Gasteiger partial charge in [-0.2, -0.15) is 0 Å². The number of nitrogens with two attached hydrogens (primary N) is 1. The normalized spacial score (nSPS) is 16.0. The lowest BCUT2D eigenvalue weighted by Gasteiger charge is -2.18. The number of ether oxygens (including phenoxy) is 1. The monoisotopic (exact) mass is 389 g/mol. The Labute approximate surface area is 164 Å². The molecule has 0 aromatic heterocycles. The van der Waals surface area contributed by atoms with Crippen LogP contribution in [0.4, 0.5) is 10.5 Å². The molecule has 1 saturated heterocycles. The average Bonchev–Trinajstić information content (AvgIpc) is 3.02. The van der Waals surface area contributed by atoms with Crippen molar-refractivity contribution in [3.8, 4) is 0 Å². The van der Waals surface area contributed by atoms with Gasteiger partial charge in [0.1, 0.15) is 11.9 Å². The number of urea groups is 1. The Morgan fingerprint density at radius 1 is 1.32 bits per heavy atom. The second-order valence-corrected chi connectivity index (χ2v) is 6.52. The molecule has 1 heterocycles. The molecule has 1 atom stereocenters. The van der Waals surface area contributed by atoms with Crippen molar-refractivity contribution in [2.45, 2.75) is 38.6 Å². The number of hydrogen-bond donors (Lipinski definition) is 4. The van der Waals surface area contributed by atoms with Gasteiger partial charge in [-0.1, -0.05) is 13.3 Å². The standard InChI is InChI=1S/C19H27N5O4/c1-2-3-12-28-16(25)8-10-22-19(27)23-15-9-11-24(18(15)26)14-6-4-13(5-7-14)17(20)21/h4-7,15H,2-3,8-12H2,1H3,(H3,20,21)(H2,22,23,27). The molecular formula is C19H27N5O4. The van der Waals surface area contributed by atoms with Crippen LogP contribution in [-0.2, 0) is 14.3 Å². The Balaban J connectivity index is 1.76. The Bertz CT molecular complexity index is 720. The van der Waals surface area contributed by atoms with E-state index in [4.69, 9.17) is 15.9 Å². The van der Waals surface area contributed by atoms with Crippen LogP contribution in [0, 0.1) is 5.41 Å². The summed E-state index contributed by atoms with van der Waals surface area (Å²) in [6.45, 7) is 3.02. The number of anilines is 1. The maximum atomic E-state index is 12.5. The fraction of sp³-hybridized carbons (Fsp3) is 0.474. The Kier molecular flexibility index (Phi) is 7.79. The molecule has 2 rings (SSSR count). The van der Waals surface area contributed by atoms with Crippen molar-refractivity contribution in [2.75, 3.05) is 24.6 Å².